The fourth-order valence-electron chi connectivity index (χ4n) is 2.16. The molecule has 98 valence electrons. The molecule has 0 aliphatic carbocycles. The standard InChI is InChI=1S/C13H16BrClN2O/c1-9(18)17-6-4-10(5-7-17)16-11-2-3-12(14)13(15)8-11/h2-3,8,10,16H,4-7H2,1H3. The van der Waals surface area contributed by atoms with Gasteiger partial charge in [0.1, 0.15) is 0 Å². The summed E-state index contributed by atoms with van der Waals surface area (Å²) >= 11 is 9.43. The second-order valence-electron chi connectivity index (χ2n) is 4.55. The zero-order chi connectivity index (χ0) is 13.1. The molecule has 1 heterocycles. The van der Waals surface area contributed by atoms with Gasteiger partial charge in [-0.15, -0.1) is 0 Å². The highest BCUT2D eigenvalue weighted by Gasteiger charge is 2.20. The number of amides is 1. The topological polar surface area (TPSA) is 32.3 Å². The average Bonchev–Trinajstić information content (AvgIpc) is 2.34. The van der Waals surface area contributed by atoms with Crippen LogP contribution in [0, 0.1) is 0 Å². The highest BCUT2D eigenvalue weighted by atomic mass is 79.9. The number of carbonyl (C=O) groups is 1. The number of piperidine rings is 1. The summed E-state index contributed by atoms with van der Waals surface area (Å²) in [5, 5.41) is 4.17. The molecule has 5 heteroatoms. The van der Waals surface area contributed by atoms with Crippen molar-refractivity contribution in [1.82, 2.24) is 4.90 Å². The van der Waals surface area contributed by atoms with E-state index in [1.807, 2.05) is 23.1 Å². The molecule has 0 radical (unpaired) electrons. The molecule has 0 aromatic heterocycles. The minimum Gasteiger partial charge on any atom is -0.382 e. The maximum atomic E-state index is 11.2. The number of likely N-dealkylation sites (tertiary alicyclic amines) is 1. The highest BCUT2D eigenvalue weighted by molar-refractivity contribution is 9.10. The first-order chi connectivity index (χ1) is 8.56. The van der Waals surface area contributed by atoms with Crippen molar-refractivity contribution in [3.63, 3.8) is 0 Å². The molecule has 1 aliphatic rings. The third-order valence-electron chi connectivity index (χ3n) is 3.23. The average molecular weight is 332 g/mol. The number of nitrogens with one attached hydrogen (secondary N) is 1. The van der Waals surface area contributed by atoms with Crippen molar-refractivity contribution in [2.45, 2.75) is 25.8 Å². The second kappa shape index (κ2) is 5.93. The smallest absolute Gasteiger partial charge is 0.219 e. The van der Waals surface area contributed by atoms with Crippen molar-refractivity contribution in [2.75, 3.05) is 18.4 Å². The molecule has 2 rings (SSSR count). The summed E-state index contributed by atoms with van der Waals surface area (Å²) < 4.78 is 0.904. The Hall–Kier alpha value is -0.740. The number of anilines is 1. The van der Waals surface area contributed by atoms with Gasteiger partial charge in [-0.3, -0.25) is 4.79 Å². The predicted molar refractivity (Wildman–Crippen MR) is 78.1 cm³/mol. The Kier molecular flexibility index (Phi) is 4.51. The molecule has 1 aromatic carbocycles. The van der Waals surface area contributed by atoms with Crippen LogP contribution in [0.1, 0.15) is 19.8 Å². The zero-order valence-corrected chi connectivity index (χ0v) is 12.6. The number of benzene rings is 1. The summed E-state index contributed by atoms with van der Waals surface area (Å²) in [5.41, 5.74) is 1.03. The number of hydrogen-bond acceptors (Lipinski definition) is 2. The number of halogens is 2. The van der Waals surface area contributed by atoms with E-state index >= 15 is 0 Å². The van der Waals surface area contributed by atoms with Gasteiger partial charge in [0.05, 0.1) is 5.02 Å². The Balaban J connectivity index is 1.91. The monoisotopic (exact) mass is 330 g/mol. The molecule has 1 amide bonds. The minimum absolute atomic E-state index is 0.167. The minimum atomic E-state index is 0.167. The number of carbonyl (C=O) groups excluding carboxylic acids is 1. The lowest BCUT2D eigenvalue weighted by Gasteiger charge is -2.32. The van der Waals surface area contributed by atoms with Crippen molar-refractivity contribution in [3.8, 4) is 0 Å². The largest absolute Gasteiger partial charge is 0.382 e. The molecule has 0 atom stereocenters. The van der Waals surface area contributed by atoms with E-state index in [2.05, 4.69) is 21.2 Å². The maximum Gasteiger partial charge on any atom is 0.219 e. The van der Waals surface area contributed by atoms with Crippen molar-refractivity contribution in [1.29, 1.82) is 0 Å². The molecule has 1 aromatic rings. The Labute approximate surface area is 121 Å². The van der Waals surface area contributed by atoms with Gasteiger partial charge >= 0.3 is 0 Å². The molecule has 3 nitrogen and oxygen atoms in total. The van der Waals surface area contributed by atoms with Gasteiger partial charge in [0, 0.05) is 36.2 Å². The van der Waals surface area contributed by atoms with Crippen LogP contribution >= 0.6 is 27.5 Å². The van der Waals surface area contributed by atoms with E-state index < -0.39 is 0 Å². The van der Waals surface area contributed by atoms with Crippen LogP contribution in [0.15, 0.2) is 22.7 Å². The Morgan fingerprint density at radius 1 is 1.44 bits per heavy atom. The molecule has 1 aliphatic heterocycles. The highest BCUT2D eigenvalue weighted by Crippen LogP contribution is 2.26. The number of rotatable bonds is 2. The third-order valence-corrected chi connectivity index (χ3v) is 4.46. The summed E-state index contributed by atoms with van der Waals surface area (Å²) in [6, 6.07) is 6.28. The van der Waals surface area contributed by atoms with Gasteiger partial charge in [-0.05, 0) is 47.0 Å². The van der Waals surface area contributed by atoms with Gasteiger partial charge in [0.25, 0.3) is 0 Å². The fourth-order valence-corrected chi connectivity index (χ4v) is 2.59. The Morgan fingerprint density at radius 2 is 2.11 bits per heavy atom. The fraction of sp³-hybridized carbons (Fsp3) is 0.462. The summed E-state index contributed by atoms with van der Waals surface area (Å²) in [6.07, 6.45) is 1.96. The molecule has 1 N–H and O–H groups in total. The van der Waals surface area contributed by atoms with Crippen LogP contribution in [0.5, 0.6) is 0 Å². The van der Waals surface area contributed by atoms with Crippen molar-refractivity contribution in [3.05, 3.63) is 27.7 Å². The van der Waals surface area contributed by atoms with E-state index in [4.69, 9.17) is 11.6 Å². The summed E-state index contributed by atoms with van der Waals surface area (Å²) in [5.74, 6) is 0.167. The molecular weight excluding hydrogens is 316 g/mol. The first-order valence-electron chi connectivity index (χ1n) is 6.03. The molecule has 1 saturated heterocycles. The quantitative estimate of drug-likeness (QED) is 0.899. The first kappa shape index (κ1) is 13.7. The Morgan fingerprint density at radius 3 is 2.67 bits per heavy atom. The molecule has 0 spiro atoms. The van der Waals surface area contributed by atoms with Gasteiger partial charge in [0.2, 0.25) is 5.91 Å². The molecular formula is C13H16BrClN2O. The third kappa shape index (κ3) is 3.39. The lowest BCUT2D eigenvalue weighted by Crippen LogP contribution is -2.41. The van der Waals surface area contributed by atoms with Crippen molar-refractivity contribution < 1.29 is 4.79 Å². The van der Waals surface area contributed by atoms with Crippen LogP contribution < -0.4 is 5.32 Å². The van der Waals surface area contributed by atoms with E-state index in [1.165, 1.54) is 0 Å². The van der Waals surface area contributed by atoms with Crippen molar-refractivity contribution >= 4 is 39.1 Å². The van der Waals surface area contributed by atoms with Crippen LogP contribution in [0.4, 0.5) is 5.69 Å². The van der Waals surface area contributed by atoms with Crippen LogP contribution in [-0.2, 0) is 4.79 Å². The van der Waals surface area contributed by atoms with Gasteiger partial charge in [-0.2, -0.15) is 0 Å². The predicted octanol–water partition coefficient (Wildman–Crippen LogP) is 3.53. The molecule has 0 saturated carbocycles. The summed E-state index contributed by atoms with van der Waals surface area (Å²) in [4.78, 5) is 13.1. The van der Waals surface area contributed by atoms with Gasteiger partial charge in [-0.25, -0.2) is 0 Å². The van der Waals surface area contributed by atoms with E-state index in [-0.39, 0.29) is 5.91 Å². The van der Waals surface area contributed by atoms with Gasteiger partial charge in [-0.1, -0.05) is 11.6 Å². The van der Waals surface area contributed by atoms with Crippen molar-refractivity contribution in [2.24, 2.45) is 0 Å². The molecule has 18 heavy (non-hydrogen) atoms. The van der Waals surface area contributed by atoms with Gasteiger partial charge in [0.15, 0.2) is 0 Å². The van der Waals surface area contributed by atoms with Gasteiger partial charge < -0.3 is 10.2 Å². The first-order valence-corrected chi connectivity index (χ1v) is 7.20. The number of nitrogens with zero attached hydrogens (tertiary/aromatic N) is 1. The summed E-state index contributed by atoms with van der Waals surface area (Å²) in [6.45, 7) is 3.29. The molecule has 1 fully saturated rings. The van der Waals surface area contributed by atoms with E-state index in [1.54, 1.807) is 6.92 Å². The molecule has 0 unspecified atom stereocenters. The SMILES string of the molecule is CC(=O)N1CCC(Nc2ccc(Br)c(Cl)c2)CC1. The van der Waals surface area contributed by atoms with E-state index in [0.717, 1.165) is 36.1 Å². The van der Waals surface area contributed by atoms with E-state index in [9.17, 15) is 4.79 Å². The zero-order valence-electron chi connectivity index (χ0n) is 10.2. The van der Waals surface area contributed by atoms with Crippen LogP contribution in [-0.4, -0.2) is 29.9 Å². The molecule has 0 bridgehead atoms. The number of hydrogen-bond donors (Lipinski definition) is 1. The Bertz CT molecular complexity index is 445. The maximum absolute atomic E-state index is 11.2. The lowest BCUT2D eigenvalue weighted by atomic mass is 10.0. The van der Waals surface area contributed by atoms with E-state index in [0.29, 0.717) is 11.1 Å². The second-order valence-corrected chi connectivity index (χ2v) is 5.82. The van der Waals surface area contributed by atoms with Crippen LogP contribution in [0.25, 0.3) is 0 Å². The van der Waals surface area contributed by atoms with Crippen LogP contribution in [0.2, 0.25) is 5.02 Å². The van der Waals surface area contributed by atoms with Crippen LogP contribution in [0.3, 0.4) is 0 Å². The lowest BCUT2D eigenvalue weighted by molar-refractivity contribution is -0.129. The normalized spacial score (nSPS) is 16.7. The summed E-state index contributed by atoms with van der Waals surface area (Å²) in [7, 11) is 0.